The summed E-state index contributed by atoms with van der Waals surface area (Å²) in [6, 6.07) is 9.55. The van der Waals surface area contributed by atoms with Crippen LogP contribution in [0.15, 0.2) is 45.8 Å². The SMILES string of the molecule is Cc1ccc(N2CCN(S(=O)(=O)c3ccc(Br)cc3OC(F)(F)F)CC2)c(C)c1. The van der Waals surface area contributed by atoms with E-state index in [-0.39, 0.29) is 17.6 Å². The van der Waals surface area contributed by atoms with E-state index in [2.05, 4.69) is 31.6 Å². The maximum atomic E-state index is 13.0. The number of nitrogens with zero attached hydrogens (tertiary/aromatic N) is 2. The fourth-order valence-electron chi connectivity index (χ4n) is 3.37. The Kier molecular flexibility index (Phi) is 6.16. The van der Waals surface area contributed by atoms with E-state index in [1.807, 2.05) is 26.0 Å². The second-order valence-electron chi connectivity index (χ2n) is 6.82. The Hall–Kier alpha value is -1.78. The highest BCUT2D eigenvalue weighted by atomic mass is 79.9. The Labute approximate surface area is 176 Å². The first-order chi connectivity index (χ1) is 13.5. The highest BCUT2D eigenvalue weighted by Crippen LogP contribution is 2.34. The van der Waals surface area contributed by atoms with Crippen LogP contribution in [0.2, 0.25) is 0 Å². The molecule has 2 aromatic carbocycles. The predicted octanol–water partition coefficient (Wildman–Crippen LogP) is 4.48. The van der Waals surface area contributed by atoms with E-state index in [1.54, 1.807) is 0 Å². The Balaban J connectivity index is 1.82. The summed E-state index contributed by atoms with van der Waals surface area (Å²) < 4.78 is 69.7. The first-order valence-electron chi connectivity index (χ1n) is 8.85. The molecule has 1 saturated heterocycles. The Morgan fingerprint density at radius 2 is 1.66 bits per heavy atom. The fraction of sp³-hybridized carbons (Fsp3) is 0.368. The van der Waals surface area contributed by atoms with Crippen molar-refractivity contribution in [2.45, 2.75) is 25.1 Å². The number of hydrogen-bond donors (Lipinski definition) is 0. The lowest BCUT2D eigenvalue weighted by molar-refractivity contribution is -0.275. The second-order valence-corrected chi connectivity index (χ2v) is 9.64. The molecule has 1 aliphatic heterocycles. The number of sulfonamides is 1. The summed E-state index contributed by atoms with van der Waals surface area (Å²) in [5, 5.41) is 0. The van der Waals surface area contributed by atoms with Gasteiger partial charge in [-0.3, -0.25) is 0 Å². The van der Waals surface area contributed by atoms with Crippen LogP contribution in [0, 0.1) is 13.8 Å². The van der Waals surface area contributed by atoms with Crippen molar-refractivity contribution in [1.82, 2.24) is 4.31 Å². The molecule has 29 heavy (non-hydrogen) atoms. The molecule has 0 spiro atoms. The van der Waals surface area contributed by atoms with Crippen molar-refractivity contribution in [3.63, 3.8) is 0 Å². The maximum Gasteiger partial charge on any atom is 0.573 e. The van der Waals surface area contributed by atoms with Gasteiger partial charge in [0.15, 0.2) is 5.75 Å². The van der Waals surface area contributed by atoms with Gasteiger partial charge in [-0.2, -0.15) is 4.31 Å². The van der Waals surface area contributed by atoms with Crippen LogP contribution in [0.3, 0.4) is 0 Å². The number of piperazine rings is 1. The first kappa shape index (κ1) is 21.9. The summed E-state index contributed by atoms with van der Waals surface area (Å²) in [7, 11) is -4.14. The van der Waals surface area contributed by atoms with Crippen LogP contribution in [-0.4, -0.2) is 45.3 Å². The van der Waals surface area contributed by atoms with Crippen LogP contribution in [0.1, 0.15) is 11.1 Å². The van der Waals surface area contributed by atoms with Gasteiger partial charge < -0.3 is 9.64 Å². The second kappa shape index (κ2) is 8.16. The Morgan fingerprint density at radius 1 is 1.00 bits per heavy atom. The molecule has 0 aliphatic carbocycles. The van der Waals surface area contributed by atoms with Gasteiger partial charge >= 0.3 is 6.36 Å². The van der Waals surface area contributed by atoms with Crippen molar-refractivity contribution in [3.05, 3.63) is 52.0 Å². The highest BCUT2D eigenvalue weighted by Gasteiger charge is 2.36. The number of rotatable bonds is 4. The molecule has 3 rings (SSSR count). The molecule has 0 saturated carbocycles. The molecule has 0 unspecified atom stereocenters. The van der Waals surface area contributed by atoms with Gasteiger partial charge in [-0.1, -0.05) is 33.6 Å². The minimum absolute atomic E-state index is 0.164. The van der Waals surface area contributed by atoms with Gasteiger partial charge in [-0.15, -0.1) is 13.2 Å². The molecule has 1 aliphatic rings. The minimum atomic E-state index is -4.99. The fourth-order valence-corrected chi connectivity index (χ4v) is 5.23. The zero-order valence-electron chi connectivity index (χ0n) is 15.8. The predicted molar refractivity (Wildman–Crippen MR) is 108 cm³/mol. The number of ether oxygens (including phenoxy) is 1. The molecule has 5 nitrogen and oxygen atoms in total. The van der Waals surface area contributed by atoms with Crippen LogP contribution < -0.4 is 9.64 Å². The largest absolute Gasteiger partial charge is 0.573 e. The molecule has 0 bridgehead atoms. The number of hydrogen-bond acceptors (Lipinski definition) is 4. The third kappa shape index (κ3) is 5.04. The summed E-state index contributed by atoms with van der Waals surface area (Å²) in [6.07, 6.45) is -4.99. The highest BCUT2D eigenvalue weighted by molar-refractivity contribution is 9.10. The third-order valence-corrected chi connectivity index (χ3v) is 7.11. The van der Waals surface area contributed by atoms with Gasteiger partial charge in [0, 0.05) is 36.3 Å². The van der Waals surface area contributed by atoms with Gasteiger partial charge in [0.1, 0.15) is 4.90 Å². The normalized spacial score (nSPS) is 16.1. The molecule has 0 radical (unpaired) electrons. The summed E-state index contributed by atoms with van der Waals surface area (Å²) in [5.41, 5.74) is 3.26. The zero-order valence-corrected chi connectivity index (χ0v) is 18.2. The van der Waals surface area contributed by atoms with Crippen molar-refractivity contribution in [1.29, 1.82) is 0 Å². The van der Waals surface area contributed by atoms with Crippen LogP contribution >= 0.6 is 15.9 Å². The van der Waals surface area contributed by atoms with Gasteiger partial charge in [0.05, 0.1) is 0 Å². The van der Waals surface area contributed by atoms with Gasteiger partial charge in [0.25, 0.3) is 0 Å². The van der Waals surface area contributed by atoms with E-state index in [4.69, 9.17) is 0 Å². The molecule has 158 valence electrons. The number of benzene rings is 2. The number of anilines is 1. The summed E-state index contributed by atoms with van der Waals surface area (Å²) in [6.45, 7) is 5.20. The molecule has 2 aromatic rings. The smallest absolute Gasteiger partial charge is 0.404 e. The first-order valence-corrected chi connectivity index (χ1v) is 11.1. The Morgan fingerprint density at radius 3 is 2.24 bits per heavy atom. The molecule has 0 N–H and O–H groups in total. The molecule has 0 atom stereocenters. The molecular weight excluding hydrogens is 473 g/mol. The lowest BCUT2D eigenvalue weighted by atomic mass is 10.1. The third-order valence-electron chi connectivity index (χ3n) is 4.68. The van der Waals surface area contributed by atoms with E-state index < -0.39 is 27.0 Å². The quantitative estimate of drug-likeness (QED) is 0.631. The summed E-state index contributed by atoms with van der Waals surface area (Å²) in [5.74, 6) is -0.747. The van der Waals surface area contributed by atoms with Crippen LogP contribution in [0.25, 0.3) is 0 Å². The monoisotopic (exact) mass is 492 g/mol. The molecule has 1 heterocycles. The van der Waals surface area contributed by atoms with Crippen molar-refractivity contribution in [2.75, 3.05) is 31.1 Å². The zero-order chi connectivity index (χ0) is 21.4. The molecule has 0 amide bonds. The van der Waals surface area contributed by atoms with Crippen LogP contribution in [-0.2, 0) is 10.0 Å². The summed E-state index contributed by atoms with van der Waals surface area (Å²) in [4.78, 5) is 1.58. The van der Waals surface area contributed by atoms with E-state index >= 15 is 0 Å². The molecule has 10 heteroatoms. The average molecular weight is 493 g/mol. The van der Waals surface area contributed by atoms with Gasteiger partial charge in [-0.25, -0.2) is 8.42 Å². The molecular formula is C19H20BrF3N2O3S. The van der Waals surface area contributed by atoms with Crippen LogP contribution in [0.5, 0.6) is 5.75 Å². The number of halogens is 4. The van der Waals surface area contributed by atoms with Crippen molar-refractivity contribution in [3.8, 4) is 5.75 Å². The topological polar surface area (TPSA) is 49.9 Å². The van der Waals surface area contributed by atoms with Crippen molar-refractivity contribution < 1.29 is 26.3 Å². The van der Waals surface area contributed by atoms with E-state index in [0.29, 0.717) is 13.1 Å². The Bertz CT molecular complexity index is 1000. The van der Waals surface area contributed by atoms with Crippen molar-refractivity contribution in [2.24, 2.45) is 0 Å². The molecule has 0 aromatic heterocycles. The van der Waals surface area contributed by atoms with Gasteiger partial charge in [0.2, 0.25) is 10.0 Å². The summed E-state index contributed by atoms with van der Waals surface area (Å²) >= 11 is 3.05. The van der Waals surface area contributed by atoms with E-state index in [1.165, 1.54) is 10.4 Å². The van der Waals surface area contributed by atoms with E-state index in [0.717, 1.165) is 28.9 Å². The van der Waals surface area contributed by atoms with Gasteiger partial charge in [-0.05, 0) is 43.7 Å². The number of alkyl halides is 3. The van der Waals surface area contributed by atoms with Crippen LogP contribution in [0.4, 0.5) is 18.9 Å². The number of aryl methyl sites for hydroxylation is 2. The standard InChI is InChI=1S/C19H20BrF3N2O3S/c1-13-3-5-16(14(2)11-13)24-7-9-25(10-8-24)29(26,27)18-6-4-15(20)12-17(18)28-19(21,22)23/h3-6,11-12H,7-10H2,1-2H3. The minimum Gasteiger partial charge on any atom is -0.404 e. The average Bonchev–Trinajstić information content (AvgIpc) is 2.60. The maximum absolute atomic E-state index is 13.0. The van der Waals surface area contributed by atoms with Crippen molar-refractivity contribution >= 4 is 31.6 Å². The van der Waals surface area contributed by atoms with E-state index in [9.17, 15) is 21.6 Å². The molecule has 1 fully saturated rings. The lowest BCUT2D eigenvalue weighted by Gasteiger charge is -2.36. The lowest BCUT2D eigenvalue weighted by Crippen LogP contribution is -2.49.